The number of hydrogen-bond donors (Lipinski definition) is 2. The summed E-state index contributed by atoms with van der Waals surface area (Å²) in [7, 11) is 0. The molecule has 5 nitrogen and oxygen atoms in total. The van der Waals surface area contributed by atoms with E-state index in [4.69, 9.17) is 11.6 Å². The van der Waals surface area contributed by atoms with Gasteiger partial charge in [-0.05, 0) is 44.0 Å². The number of nitrogens with zero attached hydrogens (tertiary/aromatic N) is 2. The number of aryl methyl sites for hydroxylation is 1. The number of carbonyl (C=O) groups excluding carboxylic acids is 1. The van der Waals surface area contributed by atoms with Crippen LogP contribution in [0.3, 0.4) is 0 Å². The number of aromatic nitrogens is 1. The Morgan fingerprint density at radius 1 is 1.50 bits per heavy atom. The molecular formula is C16H17ClN4O. The van der Waals surface area contributed by atoms with Crippen molar-refractivity contribution >= 4 is 34.6 Å². The van der Waals surface area contributed by atoms with Crippen LogP contribution in [0.15, 0.2) is 29.4 Å². The van der Waals surface area contributed by atoms with Gasteiger partial charge in [0.1, 0.15) is 5.15 Å². The van der Waals surface area contributed by atoms with Gasteiger partial charge in [-0.15, -0.1) is 0 Å². The smallest absolute Gasteiger partial charge is 0.257 e. The van der Waals surface area contributed by atoms with Crippen LogP contribution < -0.4 is 10.7 Å². The molecule has 1 aromatic heterocycles. The molecule has 2 N–H and O–H groups in total. The molecule has 1 saturated heterocycles. The highest BCUT2D eigenvalue weighted by atomic mass is 35.5. The first-order valence-corrected chi connectivity index (χ1v) is 7.64. The summed E-state index contributed by atoms with van der Waals surface area (Å²) in [4.78, 5) is 16.2. The molecule has 1 amide bonds. The van der Waals surface area contributed by atoms with Crippen LogP contribution in [0.1, 0.15) is 24.0 Å². The molecule has 22 heavy (non-hydrogen) atoms. The van der Waals surface area contributed by atoms with Crippen LogP contribution >= 0.6 is 11.6 Å². The fourth-order valence-electron chi connectivity index (χ4n) is 2.51. The lowest BCUT2D eigenvalue weighted by molar-refractivity contribution is -0.122. The van der Waals surface area contributed by atoms with Crippen LogP contribution in [0.4, 0.5) is 0 Å². The van der Waals surface area contributed by atoms with Gasteiger partial charge in [-0.3, -0.25) is 4.79 Å². The molecule has 2 heterocycles. The number of amides is 1. The van der Waals surface area contributed by atoms with Gasteiger partial charge in [0.05, 0.1) is 17.8 Å². The zero-order chi connectivity index (χ0) is 15.5. The average Bonchev–Trinajstić information content (AvgIpc) is 3.02. The molecular weight excluding hydrogens is 300 g/mol. The van der Waals surface area contributed by atoms with Crippen molar-refractivity contribution in [3.63, 3.8) is 0 Å². The van der Waals surface area contributed by atoms with Gasteiger partial charge < -0.3 is 5.32 Å². The van der Waals surface area contributed by atoms with E-state index in [0.717, 1.165) is 35.9 Å². The lowest BCUT2D eigenvalue weighted by Gasteiger charge is -2.07. The van der Waals surface area contributed by atoms with E-state index in [1.54, 1.807) is 0 Å². The first-order valence-electron chi connectivity index (χ1n) is 7.27. The minimum atomic E-state index is -0.148. The summed E-state index contributed by atoms with van der Waals surface area (Å²) in [5.41, 5.74) is 5.20. The molecule has 1 aromatic carbocycles. The summed E-state index contributed by atoms with van der Waals surface area (Å²) in [6, 6.07) is 7.76. The van der Waals surface area contributed by atoms with Crippen LogP contribution in [0.5, 0.6) is 0 Å². The van der Waals surface area contributed by atoms with Crippen LogP contribution in [-0.4, -0.2) is 29.7 Å². The fourth-order valence-corrected chi connectivity index (χ4v) is 2.71. The minimum absolute atomic E-state index is 0.116. The number of fused-ring (bicyclic) bond motifs is 1. The summed E-state index contributed by atoms with van der Waals surface area (Å²) >= 11 is 6.17. The first kappa shape index (κ1) is 14.9. The highest BCUT2D eigenvalue weighted by Crippen LogP contribution is 2.20. The highest BCUT2D eigenvalue weighted by Gasteiger charge is 2.21. The van der Waals surface area contributed by atoms with Gasteiger partial charge >= 0.3 is 0 Å². The lowest BCUT2D eigenvalue weighted by atomic mass is 10.1. The molecule has 0 radical (unpaired) electrons. The Balaban J connectivity index is 1.75. The molecule has 1 aliphatic heterocycles. The summed E-state index contributed by atoms with van der Waals surface area (Å²) in [6.07, 6.45) is 3.39. The van der Waals surface area contributed by atoms with Gasteiger partial charge in [0, 0.05) is 10.9 Å². The van der Waals surface area contributed by atoms with Gasteiger partial charge in [0.15, 0.2) is 0 Å². The molecule has 1 atom stereocenters. The number of halogens is 1. The SMILES string of the molecule is Cc1ccc2cc(C=NNC(=O)[C@@H]3CCCN3)c(Cl)nc2c1. The predicted octanol–water partition coefficient (Wildman–Crippen LogP) is 2.40. The summed E-state index contributed by atoms with van der Waals surface area (Å²) < 4.78 is 0. The zero-order valence-electron chi connectivity index (χ0n) is 12.3. The van der Waals surface area contributed by atoms with E-state index < -0.39 is 0 Å². The van der Waals surface area contributed by atoms with E-state index in [0.29, 0.717) is 10.7 Å². The summed E-state index contributed by atoms with van der Waals surface area (Å²) in [6.45, 7) is 2.89. The van der Waals surface area contributed by atoms with E-state index in [-0.39, 0.29) is 11.9 Å². The van der Waals surface area contributed by atoms with Gasteiger partial charge in [0.2, 0.25) is 0 Å². The number of pyridine rings is 1. The van der Waals surface area contributed by atoms with Gasteiger partial charge in [-0.25, -0.2) is 10.4 Å². The maximum absolute atomic E-state index is 11.8. The summed E-state index contributed by atoms with van der Waals surface area (Å²) in [5, 5.41) is 8.46. The Bertz CT molecular complexity index is 738. The zero-order valence-corrected chi connectivity index (χ0v) is 13.0. The van der Waals surface area contributed by atoms with Crippen molar-refractivity contribution in [2.75, 3.05) is 6.54 Å². The Labute approximate surface area is 133 Å². The highest BCUT2D eigenvalue weighted by molar-refractivity contribution is 6.32. The molecule has 3 rings (SSSR count). The summed E-state index contributed by atoms with van der Waals surface area (Å²) in [5.74, 6) is -0.116. The predicted molar refractivity (Wildman–Crippen MR) is 88.3 cm³/mol. The number of hydrogen-bond acceptors (Lipinski definition) is 4. The van der Waals surface area contributed by atoms with Crippen molar-refractivity contribution in [2.45, 2.75) is 25.8 Å². The molecule has 0 unspecified atom stereocenters. The van der Waals surface area contributed by atoms with E-state index in [1.807, 2.05) is 31.2 Å². The molecule has 0 saturated carbocycles. The van der Waals surface area contributed by atoms with Gasteiger partial charge in [-0.2, -0.15) is 5.10 Å². The number of nitrogens with one attached hydrogen (secondary N) is 2. The standard InChI is InChI=1S/C16H17ClN4O/c1-10-4-5-11-8-12(15(17)20-14(11)7-10)9-19-21-16(22)13-3-2-6-18-13/h4-5,7-9,13,18H,2-3,6H2,1H3,(H,21,22)/t13-/m0/s1. The topological polar surface area (TPSA) is 66.4 Å². The molecule has 0 bridgehead atoms. The van der Waals surface area contributed by atoms with Crippen molar-refractivity contribution < 1.29 is 4.79 Å². The molecule has 1 aliphatic rings. The third kappa shape index (κ3) is 3.26. The lowest BCUT2D eigenvalue weighted by Crippen LogP contribution is -2.38. The van der Waals surface area contributed by atoms with Crippen LogP contribution in [0.2, 0.25) is 5.15 Å². The first-order chi connectivity index (χ1) is 10.6. The maximum atomic E-state index is 11.8. The fraction of sp³-hybridized carbons (Fsp3) is 0.312. The molecule has 6 heteroatoms. The molecule has 0 spiro atoms. The van der Waals surface area contributed by atoms with Crippen LogP contribution in [0.25, 0.3) is 10.9 Å². The number of carbonyl (C=O) groups is 1. The van der Waals surface area contributed by atoms with Crippen molar-refractivity contribution in [2.24, 2.45) is 5.10 Å². The van der Waals surface area contributed by atoms with Gasteiger partial charge in [0.25, 0.3) is 5.91 Å². The quantitative estimate of drug-likeness (QED) is 0.519. The third-order valence-electron chi connectivity index (χ3n) is 3.71. The van der Waals surface area contributed by atoms with Crippen LogP contribution in [0, 0.1) is 6.92 Å². The average molecular weight is 317 g/mol. The van der Waals surface area contributed by atoms with E-state index >= 15 is 0 Å². The largest absolute Gasteiger partial charge is 0.306 e. The Morgan fingerprint density at radius 3 is 3.14 bits per heavy atom. The number of rotatable bonds is 3. The van der Waals surface area contributed by atoms with Gasteiger partial charge in [-0.1, -0.05) is 23.7 Å². The van der Waals surface area contributed by atoms with E-state index in [1.165, 1.54) is 6.21 Å². The second-order valence-corrected chi connectivity index (χ2v) is 5.81. The van der Waals surface area contributed by atoms with Crippen LogP contribution in [-0.2, 0) is 4.79 Å². The molecule has 114 valence electrons. The monoisotopic (exact) mass is 316 g/mol. The van der Waals surface area contributed by atoms with Crippen molar-refractivity contribution in [1.82, 2.24) is 15.7 Å². The third-order valence-corrected chi connectivity index (χ3v) is 4.01. The maximum Gasteiger partial charge on any atom is 0.257 e. The molecule has 2 aromatic rings. The van der Waals surface area contributed by atoms with Crippen molar-refractivity contribution in [1.29, 1.82) is 0 Å². The van der Waals surface area contributed by atoms with Crippen molar-refractivity contribution in [3.05, 3.63) is 40.5 Å². The molecule has 0 aliphatic carbocycles. The minimum Gasteiger partial charge on any atom is -0.306 e. The second kappa shape index (κ2) is 6.42. The Kier molecular flexibility index (Phi) is 4.36. The molecule has 1 fully saturated rings. The van der Waals surface area contributed by atoms with Crippen molar-refractivity contribution in [3.8, 4) is 0 Å². The normalized spacial score (nSPS) is 18.2. The number of benzene rings is 1. The second-order valence-electron chi connectivity index (χ2n) is 5.45. The van der Waals surface area contributed by atoms with E-state index in [2.05, 4.69) is 20.8 Å². The number of hydrazone groups is 1. The van der Waals surface area contributed by atoms with E-state index in [9.17, 15) is 4.79 Å². The Morgan fingerprint density at radius 2 is 2.36 bits per heavy atom. The Hall–Kier alpha value is -1.98.